The van der Waals surface area contributed by atoms with Gasteiger partial charge in [-0.3, -0.25) is 4.90 Å². The van der Waals surface area contributed by atoms with Gasteiger partial charge in [0, 0.05) is 53.3 Å². The highest BCUT2D eigenvalue weighted by Gasteiger charge is 2.48. The normalized spacial score (nSPS) is 24.0. The average Bonchev–Trinajstić information content (AvgIpc) is 3.76. The molecule has 10 heteroatoms. The van der Waals surface area contributed by atoms with E-state index in [1.54, 1.807) is 0 Å². The molecule has 1 saturated carbocycles. The average molecular weight is 623 g/mol. The van der Waals surface area contributed by atoms with Crippen molar-refractivity contribution in [1.29, 1.82) is 5.26 Å². The lowest BCUT2D eigenvalue weighted by Gasteiger charge is -2.37. The minimum atomic E-state index is -0.577. The van der Waals surface area contributed by atoms with Crippen LogP contribution in [0.5, 0.6) is 11.6 Å². The van der Waals surface area contributed by atoms with Crippen LogP contribution in [-0.4, -0.2) is 57.9 Å². The van der Waals surface area contributed by atoms with E-state index in [-0.39, 0.29) is 57.0 Å². The topological polar surface area (TPSA) is 86.3 Å². The van der Waals surface area contributed by atoms with Crippen LogP contribution in [-0.2, 0) is 6.42 Å². The molecule has 224 valence electrons. The molecule has 5 heterocycles. The van der Waals surface area contributed by atoms with Crippen LogP contribution in [0.25, 0.3) is 32.9 Å². The van der Waals surface area contributed by atoms with E-state index in [1.165, 1.54) is 12.1 Å². The van der Waals surface area contributed by atoms with Crippen LogP contribution in [0.1, 0.15) is 49.9 Å². The van der Waals surface area contributed by atoms with Crippen molar-refractivity contribution in [1.82, 2.24) is 19.8 Å². The van der Waals surface area contributed by atoms with E-state index in [4.69, 9.17) is 32.9 Å². The summed E-state index contributed by atoms with van der Waals surface area (Å²) in [5.74, 6) is 0.209. The molecule has 4 aliphatic rings. The van der Waals surface area contributed by atoms with E-state index >= 15 is 4.39 Å². The van der Waals surface area contributed by atoms with E-state index < -0.39 is 5.82 Å². The molecule has 4 aromatic rings. The molecule has 2 N–H and O–H groups in total. The van der Waals surface area contributed by atoms with E-state index in [2.05, 4.69) is 47.8 Å². The lowest BCUT2D eigenvalue weighted by molar-refractivity contribution is 0.119. The van der Waals surface area contributed by atoms with Gasteiger partial charge in [-0.2, -0.15) is 5.26 Å². The fourth-order valence-electron chi connectivity index (χ4n) is 7.77. The molecule has 2 aromatic heterocycles. The van der Waals surface area contributed by atoms with Gasteiger partial charge in [0.25, 0.3) is 0 Å². The van der Waals surface area contributed by atoms with Crippen LogP contribution in [0.4, 0.5) is 4.39 Å². The summed E-state index contributed by atoms with van der Waals surface area (Å²) in [7, 11) is 2.11. The van der Waals surface area contributed by atoms with E-state index in [0.29, 0.717) is 35.2 Å². The number of nitrogens with zero attached hydrogens (tertiary/aromatic N) is 4. The summed E-state index contributed by atoms with van der Waals surface area (Å²) in [6.45, 7) is 6.14. The summed E-state index contributed by atoms with van der Waals surface area (Å²) in [5.41, 5.74) is 3.20. The second kappa shape index (κ2) is 10.8. The van der Waals surface area contributed by atoms with Gasteiger partial charge >= 0.3 is 0 Å². The Morgan fingerprint density at radius 2 is 2.07 bits per heavy atom. The number of aryl methyl sites for hydroxylation is 2. The molecule has 0 spiro atoms. The standard InChI is InChI=1S/C33H34Cl2FN5O2/c1-16-10-23-32(41(16)31-19-12-25(31)38-15-19)22-11-18(6-4-8-37)27(21-13-20(42)14-24(34)28(21)35)29(36)30(22)39-33(23)43-17(2)26-7-5-9-40(26)3/h10-11,13-14,17,19,25-26,31,38,42H,4-7,9,12,15H2,1-3H3/t17-,19+,25+,26-,31-/m0/s1. The van der Waals surface area contributed by atoms with Crippen LogP contribution < -0.4 is 10.1 Å². The third-order valence-electron chi connectivity index (χ3n) is 9.85. The first-order chi connectivity index (χ1) is 20.7. The van der Waals surface area contributed by atoms with Crippen LogP contribution in [0.3, 0.4) is 0 Å². The van der Waals surface area contributed by atoms with Gasteiger partial charge < -0.3 is 19.7 Å². The smallest absolute Gasteiger partial charge is 0.223 e. The van der Waals surface area contributed by atoms with Gasteiger partial charge in [-0.15, -0.1) is 0 Å². The number of halogens is 3. The molecule has 0 unspecified atom stereocenters. The first-order valence-electron chi connectivity index (χ1n) is 15.0. The lowest BCUT2D eigenvalue weighted by Crippen LogP contribution is -2.39. The number of aromatic hydroxyl groups is 1. The molecule has 8 rings (SSSR count). The molecule has 0 radical (unpaired) electrons. The molecule has 43 heavy (non-hydrogen) atoms. The number of nitrogens with one attached hydrogen (secondary N) is 1. The van der Waals surface area contributed by atoms with Crippen molar-refractivity contribution in [3.63, 3.8) is 0 Å². The zero-order chi connectivity index (χ0) is 30.2. The maximum Gasteiger partial charge on any atom is 0.223 e. The fourth-order valence-corrected chi connectivity index (χ4v) is 8.18. The zero-order valence-corrected chi connectivity index (χ0v) is 25.9. The Morgan fingerprint density at radius 3 is 2.74 bits per heavy atom. The summed E-state index contributed by atoms with van der Waals surface area (Å²) < 4.78 is 26.1. The van der Waals surface area contributed by atoms with Gasteiger partial charge in [0.1, 0.15) is 17.4 Å². The lowest BCUT2D eigenvalue weighted by atomic mass is 9.79. The Bertz CT molecular complexity index is 1800. The SMILES string of the molecule is Cc1cc2c(O[C@@H](C)[C@@H]3CCCN3C)nc3c(F)c(-c4cc(O)cc(Cl)c4Cl)c(CCC#N)cc3c2n1[C@H]1[C@H]2CN[C@@H]1C2. The first-order valence-corrected chi connectivity index (χ1v) is 15.8. The highest BCUT2D eigenvalue weighted by atomic mass is 35.5. The number of hydrogen-bond acceptors (Lipinski definition) is 6. The predicted octanol–water partition coefficient (Wildman–Crippen LogP) is 7.17. The minimum Gasteiger partial charge on any atom is -0.508 e. The molecule has 4 fully saturated rings. The molecular weight excluding hydrogens is 588 g/mol. The Hall–Kier alpha value is -3.09. The number of nitriles is 1. The Balaban J connectivity index is 1.52. The second-order valence-corrected chi connectivity index (χ2v) is 13.2. The van der Waals surface area contributed by atoms with Crippen molar-refractivity contribution in [3.8, 4) is 28.8 Å². The fraction of sp³-hybridized carbons (Fsp3) is 0.455. The monoisotopic (exact) mass is 621 g/mol. The second-order valence-electron chi connectivity index (χ2n) is 12.4. The highest BCUT2D eigenvalue weighted by molar-refractivity contribution is 6.44. The zero-order valence-electron chi connectivity index (χ0n) is 24.4. The van der Waals surface area contributed by atoms with Crippen molar-refractivity contribution in [2.75, 3.05) is 20.1 Å². The number of likely N-dealkylation sites (N-methyl/N-ethyl adjacent to an activating group) is 1. The number of rotatable bonds is 7. The molecule has 0 amide bonds. The van der Waals surface area contributed by atoms with Gasteiger partial charge in [-0.25, -0.2) is 9.37 Å². The summed E-state index contributed by atoms with van der Waals surface area (Å²) in [4.78, 5) is 7.19. The molecule has 3 saturated heterocycles. The summed E-state index contributed by atoms with van der Waals surface area (Å²) >= 11 is 12.9. The number of likely N-dealkylation sites (tertiary alicyclic amines) is 1. The number of phenols is 1. The summed E-state index contributed by atoms with van der Waals surface area (Å²) in [5, 5.41) is 25.2. The molecule has 5 atom stereocenters. The van der Waals surface area contributed by atoms with E-state index in [1.807, 2.05) is 6.07 Å². The highest BCUT2D eigenvalue weighted by Crippen LogP contribution is 2.49. The van der Waals surface area contributed by atoms with E-state index in [9.17, 15) is 10.4 Å². The van der Waals surface area contributed by atoms with Crippen LogP contribution in [0, 0.1) is 30.0 Å². The van der Waals surface area contributed by atoms with Gasteiger partial charge in [-0.1, -0.05) is 23.2 Å². The molecule has 2 bridgehead atoms. The van der Waals surface area contributed by atoms with Crippen molar-refractivity contribution >= 4 is 45.0 Å². The molecule has 3 aliphatic heterocycles. The van der Waals surface area contributed by atoms with Gasteiger partial charge in [0.15, 0.2) is 5.82 Å². The van der Waals surface area contributed by atoms with Crippen molar-refractivity contribution < 1.29 is 14.2 Å². The number of phenolic OH excluding ortho intramolecular Hbond substituents is 1. The number of fused-ring (bicyclic) bond motifs is 4. The van der Waals surface area contributed by atoms with Crippen molar-refractivity contribution in [2.45, 2.75) is 70.2 Å². The molecule has 2 aromatic carbocycles. The third kappa shape index (κ3) is 4.55. The largest absolute Gasteiger partial charge is 0.508 e. The third-order valence-corrected chi connectivity index (χ3v) is 10.6. The van der Waals surface area contributed by atoms with Gasteiger partial charge in [0.05, 0.1) is 33.1 Å². The number of aromatic nitrogens is 2. The molecule has 1 aliphatic carbocycles. The van der Waals surface area contributed by atoms with Gasteiger partial charge in [-0.05, 0) is 82.8 Å². The maximum absolute atomic E-state index is 17.1. The van der Waals surface area contributed by atoms with Crippen LogP contribution in [0.2, 0.25) is 10.0 Å². The molecule has 7 nitrogen and oxygen atoms in total. The predicted molar refractivity (Wildman–Crippen MR) is 168 cm³/mol. The number of ether oxygens (including phenoxy) is 1. The Kier molecular flexibility index (Phi) is 7.21. The Labute approximate surface area is 260 Å². The van der Waals surface area contributed by atoms with Crippen molar-refractivity contribution in [2.24, 2.45) is 5.92 Å². The number of pyridine rings is 1. The van der Waals surface area contributed by atoms with Crippen LogP contribution in [0.15, 0.2) is 24.3 Å². The Morgan fingerprint density at radius 1 is 1.26 bits per heavy atom. The summed E-state index contributed by atoms with van der Waals surface area (Å²) in [6.07, 6.45) is 3.60. The minimum absolute atomic E-state index is 0.113. The first kappa shape index (κ1) is 28.7. The van der Waals surface area contributed by atoms with Gasteiger partial charge in [0.2, 0.25) is 5.88 Å². The van der Waals surface area contributed by atoms with E-state index in [0.717, 1.165) is 48.9 Å². The number of hydrogen-bond donors (Lipinski definition) is 2. The number of benzene rings is 2. The molecular formula is C33H34Cl2FN5O2. The van der Waals surface area contributed by atoms with Crippen LogP contribution >= 0.6 is 23.2 Å². The maximum atomic E-state index is 17.1. The van der Waals surface area contributed by atoms with Crippen molar-refractivity contribution in [3.05, 3.63) is 51.4 Å². The quantitative estimate of drug-likeness (QED) is 0.227. The summed E-state index contributed by atoms with van der Waals surface area (Å²) in [6, 6.07) is 9.85.